The van der Waals surface area contributed by atoms with Crippen LogP contribution < -0.4 is 15.4 Å². The lowest BCUT2D eigenvalue weighted by atomic mass is 10.0. The Balaban J connectivity index is 1.59. The highest BCUT2D eigenvalue weighted by atomic mass is 16.5. The smallest absolute Gasteiger partial charge is 0.262 e. The Morgan fingerprint density at radius 3 is 3.00 bits per heavy atom. The molecule has 0 radical (unpaired) electrons. The summed E-state index contributed by atoms with van der Waals surface area (Å²) in [7, 11) is 0. The van der Waals surface area contributed by atoms with Gasteiger partial charge < -0.3 is 15.4 Å². The Hall–Kier alpha value is -1.55. The van der Waals surface area contributed by atoms with Crippen LogP contribution in [0.4, 0.5) is 5.69 Å². The zero-order chi connectivity index (χ0) is 13.3. The predicted octanol–water partition coefficient (Wildman–Crippen LogP) is 2.30. The SMILES string of the molecule is CCC1(CNCc2ccc3c(c2)NC(=O)CO3)CC1. The van der Waals surface area contributed by atoms with E-state index in [2.05, 4.69) is 23.6 Å². The minimum absolute atomic E-state index is 0.0828. The van der Waals surface area contributed by atoms with Crippen LogP contribution in [0.15, 0.2) is 18.2 Å². The highest BCUT2D eigenvalue weighted by Gasteiger charge is 2.39. The third-order valence-corrected chi connectivity index (χ3v) is 4.21. The van der Waals surface area contributed by atoms with E-state index < -0.39 is 0 Å². The van der Waals surface area contributed by atoms with E-state index in [1.54, 1.807) is 0 Å². The molecule has 0 spiro atoms. The van der Waals surface area contributed by atoms with Crippen LogP contribution in [0.1, 0.15) is 31.7 Å². The van der Waals surface area contributed by atoms with Crippen molar-refractivity contribution in [3.63, 3.8) is 0 Å². The quantitative estimate of drug-likeness (QED) is 0.854. The van der Waals surface area contributed by atoms with Gasteiger partial charge >= 0.3 is 0 Å². The number of ether oxygens (including phenoxy) is 1. The average molecular weight is 260 g/mol. The number of rotatable bonds is 5. The van der Waals surface area contributed by atoms with E-state index in [1.165, 1.54) is 24.8 Å². The molecule has 1 aromatic rings. The van der Waals surface area contributed by atoms with E-state index in [-0.39, 0.29) is 12.5 Å². The first-order chi connectivity index (χ1) is 9.21. The van der Waals surface area contributed by atoms with E-state index in [0.29, 0.717) is 5.41 Å². The first kappa shape index (κ1) is 12.5. The van der Waals surface area contributed by atoms with Crippen molar-refractivity contribution in [1.82, 2.24) is 5.32 Å². The van der Waals surface area contributed by atoms with Gasteiger partial charge in [0, 0.05) is 13.1 Å². The van der Waals surface area contributed by atoms with Gasteiger partial charge in [-0.1, -0.05) is 13.0 Å². The molecule has 1 saturated carbocycles. The number of carbonyl (C=O) groups excluding carboxylic acids is 1. The van der Waals surface area contributed by atoms with Gasteiger partial charge in [0.05, 0.1) is 5.69 Å². The fourth-order valence-corrected chi connectivity index (χ4v) is 2.54. The van der Waals surface area contributed by atoms with Gasteiger partial charge in [-0.3, -0.25) is 4.79 Å². The summed E-state index contributed by atoms with van der Waals surface area (Å²) in [6.45, 7) is 4.30. The van der Waals surface area contributed by atoms with Crippen molar-refractivity contribution >= 4 is 11.6 Å². The first-order valence-electron chi connectivity index (χ1n) is 6.97. The molecule has 1 heterocycles. The van der Waals surface area contributed by atoms with Crippen molar-refractivity contribution in [2.45, 2.75) is 32.7 Å². The largest absolute Gasteiger partial charge is 0.482 e. The molecule has 19 heavy (non-hydrogen) atoms. The van der Waals surface area contributed by atoms with Crippen LogP contribution in [-0.4, -0.2) is 19.1 Å². The Kier molecular flexibility index (Phi) is 3.19. The van der Waals surface area contributed by atoms with Gasteiger partial charge in [0.2, 0.25) is 0 Å². The van der Waals surface area contributed by atoms with Crippen molar-refractivity contribution in [3.05, 3.63) is 23.8 Å². The summed E-state index contributed by atoms with van der Waals surface area (Å²) in [6.07, 6.45) is 3.96. The Labute approximate surface area is 113 Å². The lowest BCUT2D eigenvalue weighted by Gasteiger charge is -2.19. The fraction of sp³-hybridized carbons (Fsp3) is 0.533. The summed E-state index contributed by atoms with van der Waals surface area (Å²) in [5, 5.41) is 6.36. The van der Waals surface area contributed by atoms with E-state index in [9.17, 15) is 4.79 Å². The van der Waals surface area contributed by atoms with Gasteiger partial charge in [0.1, 0.15) is 5.75 Å². The summed E-state index contributed by atoms with van der Waals surface area (Å²) in [5.74, 6) is 0.677. The van der Waals surface area contributed by atoms with Gasteiger partial charge in [-0.15, -0.1) is 0 Å². The molecule has 2 N–H and O–H groups in total. The third-order valence-electron chi connectivity index (χ3n) is 4.21. The predicted molar refractivity (Wildman–Crippen MR) is 74.2 cm³/mol. The summed E-state index contributed by atoms with van der Waals surface area (Å²) >= 11 is 0. The minimum atomic E-state index is -0.0828. The van der Waals surface area contributed by atoms with Crippen molar-refractivity contribution in [2.75, 3.05) is 18.5 Å². The van der Waals surface area contributed by atoms with Crippen LogP contribution in [0.5, 0.6) is 5.75 Å². The standard InChI is InChI=1S/C15H20N2O2/c1-2-15(5-6-15)10-16-8-11-3-4-13-12(7-11)17-14(18)9-19-13/h3-4,7,16H,2,5-6,8-10H2,1H3,(H,17,18). The van der Waals surface area contributed by atoms with E-state index in [4.69, 9.17) is 4.74 Å². The maximum Gasteiger partial charge on any atom is 0.262 e. The van der Waals surface area contributed by atoms with Crippen molar-refractivity contribution < 1.29 is 9.53 Å². The molecule has 102 valence electrons. The molecule has 2 aliphatic rings. The molecular formula is C15H20N2O2. The molecule has 1 fully saturated rings. The maximum atomic E-state index is 11.3. The number of fused-ring (bicyclic) bond motifs is 1. The normalized spacial score (nSPS) is 19.3. The van der Waals surface area contributed by atoms with Crippen LogP contribution in [0.25, 0.3) is 0 Å². The summed E-state index contributed by atoms with van der Waals surface area (Å²) in [6, 6.07) is 5.97. The molecule has 1 amide bonds. The molecule has 1 aromatic carbocycles. The third kappa shape index (κ3) is 2.73. The van der Waals surface area contributed by atoms with E-state index in [1.807, 2.05) is 12.1 Å². The zero-order valence-electron chi connectivity index (χ0n) is 11.3. The van der Waals surface area contributed by atoms with Crippen molar-refractivity contribution in [1.29, 1.82) is 0 Å². The topological polar surface area (TPSA) is 50.4 Å². The second kappa shape index (κ2) is 4.85. The van der Waals surface area contributed by atoms with Gasteiger partial charge in [0.15, 0.2) is 6.61 Å². The van der Waals surface area contributed by atoms with Crippen LogP contribution in [0, 0.1) is 5.41 Å². The van der Waals surface area contributed by atoms with Gasteiger partial charge in [-0.05, 0) is 42.4 Å². The molecule has 4 heteroatoms. The molecule has 1 aliphatic heterocycles. The molecule has 0 bridgehead atoms. The monoisotopic (exact) mass is 260 g/mol. The van der Waals surface area contributed by atoms with Gasteiger partial charge in [-0.2, -0.15) is 0 Å². The van der Waals surface area contributed by atoms with E-state index >= 15 is 0 Å². The maximum absolute atomic E-state index is 11.3. The molecule has 0 saturated heterocycles. The highest BCUT2D eigenvalue weighted by Crippen LogP contribution is 2.47. The van der Waals surface area contributed by atoms with Crippen molar-refractivity contribution in [3.8, 4) is 5.75 Å². The number of nitrogens with one attached hydrogen (secondary N) is 2. The van der Waals surface area contributed by atoms with Gasteiger partial charge in [-0.25, -0.2) is 0 Å². The average Bonchev–Trinajstić information content (AvgIpc) is 3.19. The Morgan fingerprint density at radius 2 is 2.26 bits per heavy atom. The number of hydrogen-bond donors (Lipinski definition) is 2. The first-order valence-corrected chi connectivity index (χ1v) is 6.97. The molecule has 1 aliphatic carbocycles. The summed E-state index contributed by atoms with van der Waals surface area (Å²) in [5.41, 5.74) is 2.52. The van der Waals surface area contributed by atoms with Gasteiger partial charge in [0.25, 0.3) is 5.91 Å². The Morgan fingerprint density at radius 1 is 1.42 bits per heavy atom. The fourth-order valence-electron chi connectivity index (χ4n) is 2.54. The molecule has 3 rings (SSSR count). The molecule has 0 unspecified atom stereocenters. The van der Waals surface area contributed by atoms with Crippen LogP contribution in [-0.2, 0) is 11.3 Å². The zero-order valence-corrected chi connectivity index (χ0v) is 11.3. The lowest BCUT2D eigenvalue weighted by molar-refractivity contribution is -0.118. The summed E-state index contributed by atoms with van der Waals surface area (Å²) in [4.78, 5) is 11.3. The highest BCUT2D eigenvalue weighted by molar-refractivity contribution is 5.95. The van der Waals surface area contributed by atoms with Crippen LogP contribution >= 0.6 is 0 Å². The minimum Gasteiger partial charge on any atom is -0.482 e. The van der Waals surface area contributed by atoms with Crippen molar-refractivity contribution in [2.24, 2.45) is 5.41 Å². The second-order valence-corrected chi connectivity index (χ2v) is 5.62. The van der Waals surface area contributed by atoms with Crippen LogP contribution in [0.2, 0.25) is 0 Å². The number of carbonyl (C=O) groups is 1. The molecule has 4 nitrogen and oxygen atoms in total. The molecular weight excluding hydrogens is 240 g/mol. The number of benzene rings is 1. The molecule has 0 atom stereocenters. The second-order valence-electron chi connectivity index (χ2n) is 5.62. The van der Waals surface area contributed by atoms with E-state index in [0.717, 1.165) is 24.5 Å². The lowest BCUT2D eigenvalue weighted by Crippen LogP contribution is -2.26. The number of amides is 1. The number of hydrogen-bond acceptors (Lipinski definition) is 3. The molecule has 0 aromatic heterocycles. The van der Waals surface area contributed by atoms with Crippen LogP contribution in [0.3, 0.4) is 0 Å². The number of anilines is 1. The summed E-state index contributed by atoms with van der Waals surface area (Å²) < 4.78 is 5.34. The Bertz CT molecular complexity index is 495.